The van der Waals surface area contributed by atoms with Gasteiger partial charge in [-0.2, -0.15) is 5.10 Å². The number of rotatable bonds is 6. The van der Waals surface area contributed by atoms with Gasteiger partial charge in [-0.25, -0.2) is 4.79 Å². The number of amides is 1. The molecule has 1 aromatic heterocycles. The molecule has 8 heteroatoms. The number of aromatic nitrogens is 2. The fraction of sp³-hybridized carbons (Fsp3) is 0.429. The zero-order chi connectivity index (χ0) is 20.4. The maximum absolute atomic E-state index is 12.7. The zero-order valence-corrected chi connectivity index (χ0v) is 16.4. The SMILES string of the molecule is CC1=NOC(C(=O)N2CCc3c(c(C(=O)O)nn3CCCc3ccccc3)C2)C1. The minimum Gasteiger partial charge on any atom is -0.476 e. The van der Waals surface area contributed by atoms with Gasteiger partial charge < -0.3 is 14.8 Å². The largest absolute Gasteiger partial charge is 0.476 e. The Balaban J connectivity index is 1.47. The van der Waals surface area contributed by atoms with Crippen LogP contribution < -0.4 is 0 Å². The van der Waals surface area contributed by atoms with Crippen molar-refractivity contribution >= 4 is 17.6 Å². The number of fused-ring (bicyclic) bond motifs is 1. The van der Waals surface area contributed by atoms with E-state index in [9.17, 15) is 14.7 Å². The molecule has 0 bridgehead atoms. The highest BCUT2D eigenvalue weighted by Gasteiger charge is 2.35. The fourth-order valence-electron chi connectivity index (χ4n) is 3.95. The maximum Gasteiger partial charge on any atom is 0.356 e. The molecule has 2 aromatic rings. The summed E-state index contributed by atoms with van der Waals surface area (Å²) in [6.45, 7) is 3.24. The van der Waals surface area contributed by atoms with Gasteiger partial charge in [0.25, 0.3) is 5.91 Å². The topological polar surface area (TPSA) is 97.0 Å². The Morgan fingerprint density at radius 3 is 2.76 bits per heavy atom. The van der Waals surface area contributed by atoms with E-state index >= 15 is 0 Å². The van der Waals surface area contributed by atoms with Gasteiger partial charge in [0.15, 0.2) is 5.69 Å². The number of aryl methyl sites for hydroxylation is 2. The molecule has 1 amide bonds. The molecule has 2 aliphatic rings. The first-order chi connectivity index (χ1) is 14.0. The molecule has 1 N–H and O–H groups in total. The van der Waals surface area contributed by atoms with Gasteiger partial charge in [0.05, 0.1) is 12.3 Å². The molecule has 152 valence electrons. The highest BCUT2D eigenvalue weighted by molar-refractivity contribution is 5.92. The molecule has 0 saturated carbocycles. The minimum absolute atomic E-state index is 0.0389. The van der Waals surface area contributed by atoms with Crippen molar-refractivity contribution in [1.29, 1.82) is 0 Å². The van der Waals surface area contributed by atoms with Crippen molar-refractivity contribution in [2.75, 3.05) is 6.54 Å². The average Bonchev–Trinajstić information content (AvgIpc) is 3.32. The smallest absolute Gasteiger partial charge is 0.356 e. The number of benzene rings is 1. The van der Waals surface area contributed by atoms with Crippen molar-refractivity contribution in [3.63, 3.8) is 0 Å². The lowest BCUT2D eigenvalue weighted by Crippen LogP contribution is -2.42. The second kappa shape index (κ2) is 8.06. The molecule has 0 aliphatic carbocycles. The van der Waals surface area contributed by atoms with Gasteiger partial charge in [-0.3, -0.25) is 9.48 Å². The lowest BCUT2D eigenvalue weighted by Gasteiger charge is -2.29. The molecule has 8 nitrogen and oxygen atoms in total. The lowest BCUT2D eigenvalue weighted by atomic mass is 10.0. The first-order valence-corrected chi connectivity index (χ1v) is 9.87. The number of hydrogen-bond donors (Lipinski definition) is 1. The second-order valence-corrected chi connectivity index (χ2v) is 7.53. The van der Waals surface area contributed by atoms with Crippen molar-refractivity contribution in [3.8, 4) is 0 Å². The summed E-state index contributed by atoms with van der Waals surface area (Å²) in [4.78, 5) is 31.3. The van der Waals surface area contributed by atoms with E-state index in [2.05, 4.69) is 22.4 Å². The van der Waals surface area contributed by atoms with E-state index in [1.165, 1.54) is 5.56 Å². The van der Waals surface area contributed by atoms with Gasteiger partial charge in [0.1, 0.15) is 0 Å². The van der Waals surface area contributed by atoms with Crippen LogP contribution in [0.4, 0.5) is 0 Å². The van der Waals surface area contributed by atoms with Gasteiger partial charge >= 0.3 is 5.97 Å². The van der Waals surface area contributed by atoms with Crippen LogP contribution in [0, 0.1) is 0 Å². The van der Waals surface area contributed by atoms with Crippen molar-refractivity contribution in [2.24, 2.45) is 5.16 Å². The third-order valence-corrected chi connectivity index (χ3v) is 5.42. The number of carbonyl (C=O) groups is 2. The van der Waals surface area contributed by atoms with E-state index in [1.807, 2.05) is 29.8 Å². The summed E-state index contributed by atoms with van der Waals surface area (Å²) >= 11 is 0. The Morgan fingerprint density at radius 1 is 1.28 bits per heavy atom. The first-order valence-electron chi connectivity index (χ1n) is 9.87. The quantitative estimate of drug-likeness (QED) is 0.808. The first kappa shape index (κ1) is 19.2. The third-order valence-electron chi connectivity index (χ3n) is 5.42. The van der Waals surface area contributed by atoms with E-state index < -0.39 is 12.1 Å². The molecule has 2 aliphatic heterocycles. The van der Waals surface area contributed by atoms with Gasteiger partial charge in [-0.15, -0.1) is 0 Å². The van der Waals surface area contributed by atoms with E-state index in [0.717, 1.165) is 24.2 Å². The third kappa shape index (κ3) is 4.01. The fourth-order valence-corrected chi connectivity index (χ4v) is 3.95. The van der Waals surface area contributed by atoms with Gasteiger partial charge in [0, 0.05) is 37.2 Å². The van der Waals surface area contributed by atoms with Crippen LogP contribution >= 0.6 is 0 Å². The number of oxime groups is 1. The van der Waals surface area contributed by atoms with Crippen LogP contribution in [0.25, 0.3) is 0 Å². The number of carboxylic acid groups (broad SMARTS) is 1. The van der Waals surface area contributed by atoms with Crippen molar-refractivity contribution in [1.82, 2.24) is 14.7 Å². The van der Waals surface area contributed by atoms with Crippen LogP contribution in [-0.4, -0.2) is 50.0 Å². The Morgan fingerprint density at radius 2 is 2.07 bits per heavy atom. The molecular formula is C21H24N4O4. The number of hydrogen-bond acceptors (Lipinski definition) is 5. The highest BCUT2D eigenvalue weighted by atomic mass is 16.6. The van der Waals surface area contributed by atoms with Crippen LogP contribution in [0.5, 0.6) is 0 Å². The van der Waals surface area contributed by atoms with Crippen molar-refractivity contribution < 1.29 is 19.5 Å². The van der Waals surface area contributed by atoms with Crippen LogP contribution in [-0.2, 0) is 35.6 Å². The van der Waals surface area contributed by atoms with Crippen LogP contribution in [0.15, 0.2) is 35.5 Å². The molecule has 0 fully saturated rings. The summed E-state index contributed by atoms with van der Waals surface area (Å²) in [5.74, 6) is -1.21. The molecular weight excluding hydrogens is 372 g/mol. The zero-order valence-electron chi connectivity index (χ0n) is 16.4. The van der Waals surface area contributed by atoms with Crippen LogP contribution in [0.1, 0.15) is 47.1 Å². The molecule has 3 heterocycles. The Bertz CT molecular complexity index is 951. The van der Waals surface area contributed by atoms with E-state index in [4.69, 9.17) is 4.84 Å². The number of aromatic carboxylic acids is 1. The van der Waals surface area contributed by atoms with Crippen LogP contribution in [0.2, 0.25) is 0 Å². The van der Waals surface area contributed by atoms with E-state index in [-0.39, 0.29) is 18.1 Å². The summed E-state index contributed by atoms with van der Waals surface area (Å²) in [7, 11) is 0. The van der Waals surface area contributed by atoms with Gasteiger partial charge in [0.2, 0.25) is 6.10 Å². The normalized spacial score (nSPS) is 18.2. The van der Waals surface area contributed by atoms with Crippen molar-refractivity contribution in [2.45, 2.75) is 51.8 Å². The summed E-state index contributed by atoms with van der Waals surface area (Å²) in [5.41, 5.74) is 3.63. The molecule has 4 rings (SSSR count). The average molecular weight is 396 g/mol. The Labute approximate surface area is 168 Å². The maximum atomic E-state index is 12.7. The molecule has 29 heavy (non-hydrogen) atoms. The predicted molar refractivity (Wildman–Crippen MR) is 106 cm³/mol. The predicted octanol–water partition coefficient (Wildman–Crippen LogP) is 2.26. The van der Waals surface area contributed by atoms with Gasteiger partial charge in [-0.05, 0) is 25.3 Å². The second-order valence-electron chi connectivity index (χ2n) is 7.53. The standard InChI is InChI=1S/C21H24N4O4/c1-14-12-18(29-23-14)20(26)24-11-9-17-16(13-24)19(21(27)28)22-25(17)10-5-8-15-6-3-2-4-7-15/h2-4,6-7,18H,5,8-13H2,1H3,(H,27,28). The highest BCUT2D eigenvalue weighted by Crippen LogP contribution is 2.25. The minimum atomic E-state index is -1.06. The molecule has 0 saturated heterocycles. The number of carbonyl (C=O) groups excluding carboxylic acids is 1. The number of nitrogens with zero attached hydrogens (tertiary/aromatic N) is 4. The Kier molecular flexibility index (Phi) is 5.33. The molecule has 0 spiro atoms. The summed E-state index contributed by atoms with van der Waals surface area (Å²) < 4.78 is 1.81. The van der Waals surface area contributed by atoms with Crippen LogP contribution in [0.3, 0.4) is 0 Å². The van der Waals surface area contributed by atoms with Gasteiger partial charge in [-0.1, -0.05) is 35.5 Å². The van der Waals surface area contributed by atoms with E-state index in [0.29, 0.717) is 31.5 Å². The number of carboxylic acids is 1. The molecule has 1 aromatic carbocycles. The van der Waals surface area contributed by atoms with E-state index in [1.54, 1.807) is 4.90 Å². The molecule has 1 atom stereocenters. The monoisotopic (exact) mass is 396 g/mol. The Hall–Kier alpha value is -3.16. The lowest BCUT2D eigenvalue weighted by molar-refractivity contribution is -0.143. The molecule has 1 unspecified atom stereocenters. The van der Waals surface area contributed by atoms with Crippen molar-refractivity contribution in [3.05, 3.63) is 52.8 Å². The summed E-state index contributed by atoms with van der Waals surface area (Å²) in [6, 6.07) is 10.2. The molecule has 0 radical (unpaired) electrons. The summed E-state index contributed by atoms with van der Waals surface area (Å²) in [5, 5.41) is 17.8. The summed E-state index contributed by atoms with van der Waals surface area (Å²) in [6.07, 6.45) is 2.23.